The molecule has 0 amide bonds. The zero-order valence-corrected chi connectivity index (χ0v) is 6.59. The van der Waals surface area contributed by atoms with Gasteiger partial charge in [-0.15, -0.1) is 16.8 Å². The molecule has 0 aromatic heterocycles. The van der Waals surface area contributed by atoms with Crippen molar-refractivity contribution in [2.75, 3.05) is 5.75 Å². The molecule has 0 aromatic carbocycles. The fourth-order valence-corrected chi connectivity index (χ4v) is 1.38. The number of nitrogens with one attached hydrogen (secondary N) is 2. The number of hydrazine groups is 3. The van der Waals surface area contributed by atoms with Crippen LogP contribution in [0.15, 0.2) is 0 Å². The van der Waals surface area contributed by atoms with Crippen LogP contribution in [0.2, 0.25) is 0 Å². The number of hydrogen-bond acceptors (Lipinski definition) is 5. The first-order valence-corrected chi connectivity index (χ1v) is 3.85. The molecular formula is C3H9ClN4S. The van der Waals surface area contributed by atoms with Crippen molar-refractivity contribution in [3.8, 4) is 0 Å². The molecule has 4 N–H and O–H groups in total. The second-order valence-corrected chi connectivity index (χ2v) is 3.65. The summed E-state index contributed by atoms with van der Waals surface area (Å²) in [6.45, 7) is 1.86. The van der Waals surface area contributed by atoms with Crippen LogP contribution in [0.5, 0.6) is 0 Å². The largest absolute Gasteiger partial charge is 0.240 e. The van der Waals surface area contributed by atoms with E-state index in [1.54, 1.807) is 0 Å². The fourth-order valence-electron chi connectivity index (χ4n) is 0.544. The summed E-state index contributed by atoms with van der Waals surface area (Å²) in [5.74, 6) is 6.10. The van der Waals surface area contributed by atoms with Gasteiger partial charge in [-0.3, -0.25) is 0 Å². The molecule has 4 nitrogen and oxygen atoms in total. The third-order valence-corrected chi connectivity index (χ3v) is 2.28. The second-order valence-electron chi connectivity index (χ2n) is 2.06. The molecule has 1 heterocycles. The van der Waals surface area contributed by atoms with Crippen molar-refractivity contribution in [1.29, 1.82) is 0 Å². The normalized spacial score (nSPS) is 39.0. The molecule has 1 fully saturated rings. The highest BCUT2D eigenvalue weighted by molar-refractivity contribution is 7.97. The first-order valence-electron chi connectivity index (χ1n) is 2.49. The lowest BCUT2D eigenvalue weighted by atomic mass is 10.4. The summed E-state index contributed by atoms with van der Waals surface area (Å²) in [7, 11) is 0. The summed E-state index contributed by atoms with van der Waals surface area (Å²) in [5, 5.41) is 1.25. The second kappa shape index (κ2) is 2.61. The Hall–Kier alpha value is 0.480. The maximum absolute atomic E-state index is 5.87. The Labute approximate surface area is 63.1 Å². The van der Waals surface area contributed by atoms with E-state index in [1.165, 1.54) is 17.2 Å². The van der Waals surface area contributed by atoms with Crippen molar-refractivity contribution >= 4 is 23.5 Å². The van der Waals surface area contributed by atoms with Crippen LogP contribution in [-0.2, 0) is 0 Å². The molecule has 0 bridgehead atoms. The summed E-state index contributed by atoms with van der Waals surface area (Å²) in [4.78, 5) is 2.34. The Bertz CT molecular complexity index is 108. The Kier molecular flexibility index (Phi) is 2.20. The van der Waals surface area contributed by atoms with Crippen LogP contribution in [0.25, 0.3) is 0 Å². The molecule has 0 spiro atoms. The average Bonchev–Trinajstić information content (AvgIpc) is 1.60. The van der Waals surface area contributed by atoms with E-state index in [0.29, 0.717) is 0 Å². The van der Waals surface area contributed by atoms with E-state index in [4.69, 9.17) is 17.4 Å². The van der Waals surface area contributed by atoms with E-state index in [1.807, 2.05) is 6.92 Å². The number of nitrogens with zero attached hydrogens (tertiary/aromatic N) is 1. The van der Waals surface area contributed by atoms with Gasteiger partial charge in [0.05, 0.1) is 0 Å². The highest BCUT2D eigenvalue weighted by Crippen LogP contribution is 2.18. The first-order chi connectivity index (χ1) is 4.10. The van der Waals surface area contributed by atoms with Crippen molar-refractivity contribution in [2.45, 2.75) is 11.9 Å². The highest BCUT2D eigenvalue weighted by atomic mass is 35.5. The van der Waals surface area contributed by atoms with Crippen LogP contribution < -0.4 is 16.1 Å². The quantitative estimate of drug-likeness (QED) is 0.202. The number of rotatable bonds is 0. The summed E-state index contributed by atoms with van der Waals surface area (Å²) < 4.78 is 0. The zero-order valence-electron chi connectivity index (χ0n) is 5.02. The first kappa shape index (κ1) is 7.59. The van der Waals surface area contributed by atoms with Gasteiger partial charge in [0.2, 0.25) is 0 Å². The lowest BCUT2D eigenvalue weighted by molar-refractivity contribution is 0.124. The Balaban J connectivity index is 2.41. The van der Waals surface area contributed by atoms with Gasteiger partial charge < -0.3 is 0 Å². The maximum atomic E-state index is 5.87. The van der Waals surface area contributed by atoms with E-state index in [-0.39, 0.29) is 0 Å². The van der Waals surface area contributed by atoms with Gasteiger partial charge in [-0.1, -0.05) is 11.9 Å². The van der Waals surface area contributed by atoms with Gasteiger partial charge in [0.15, 0.2) is 0 Å². The summed E-state index contributed by atoms with van der Waals surface area (Å²) in [6, 6.07) is 0. The van der Waals surface area contributed by atoms with Gasteiger partial charge in [0, 0.05) is 5.75 Å². The van der Waals surface area contributed by atoms with Crippen molar-refractivity contribution in [3.63, 3.8) is 0 Å². The molecule has 6 heteroatoms. The molecular weight excluding hydrogens is 160 g/mol. The number of alkyl halides is 1. The Morgan fingerprint density at radius 2 is 2.56 bits per heavy atom. The SMILES string of the molecule is CC1(Cl)CSNN(N)N1. The third-order valence-electron chi connectivity index (χ3n) is 0.860. The standard InChI is InChI=1S/C3H9ClN4S/c1-3(4)2-9-7-8(5)6-3/h6-7H,2,5H2,1H3. The Morgan fingerprint density at radius 1 is 1.89 bits per heavy atom. The predicted molar refractivity (Wildman–Crippen MR) is 39.0 cm³/mol. The van der Waals surface area contributed by atoms with Crippen LogP contribution in [0.1, 0.15) is 6.92 Å². The summed E-state index contributed by atoms with van der Waals surface area (Å²) in [5.41, 5.74) is 2.80. The van der Waals surface area contributed by atoms with Gasteiger partial charge in [0.25, 0.3) is 0 Å². The van der Waals surface area contributed by atoms with Gasteiger partial charge in [-0.2, -0.15) is 4.83 Å². The van der Waals surface area contributed by atoms with Gasteiger partial charge in [-0.25, -0.2) is 11.3 Å². The van der Waals surface area contributed by atoms with E-state index < -0.39 is 5.00 Å². The summed E-state index contributed by atoms with van der Waals surface area (Å²) >= 11 is 7.34. The molecule has 9 heavy (non-hydrogen) atoms. The van der Waals surface area contributed by atoms with Crippen molar-refractivity contribution in [1.82, 2.24) is 15.5 Å². The van der Waals surface area contributed by atoms with Crippen molar-refractivity contribution in [2.24, 2.45) is 5.84 Å². The van der Waals surface area contributed by atoms with E-state index in [2.05, 4.69) is 10.3 Å². The molecule has 1 saturated heterocycles. The minimum Gasteiger partial charge on any atom is -0.240 e. The smallest absolute Gasteiger partial charge is 0.116 e. The fraction of sp³-hybridized carbons (Fsp3) is 1.00. The predicted octanol–water partition coefficient (Wildman–Crippen LogP) is -0.212. The van der Waals surface area contributed by atoms with Crippen LogP contribution in [0.3, 0.4) is 0 Å². The lowest BCUT2D eigenvalue weighted by Gasteiger charge is -2.33. The molecule has 0 saturated carbocycles. The van der Waals surface area contributed by atoms with Crippen molar-refractivity contribution in [3.05, 3.63) is 0 Å². The molecule has 54 valence electrons. The topological polar surface area (TPSA) is 53.3 Å². The average molecular weight is 169 g/mol. The van der Waals surface area contributed by atoms with Crippen LogP contribution in [0.4, 0.5) is 0 Å². The zero-order chi connectivity index (χ0) is 6.91. The van der Waals surface area contributed by atoms with E-state index in [9.17, 15) is 0 Å². The molecule has 1 atom stereocenters. The number of halogens is 1. The molecule has 0 aromatic rings. The molecule has 1 aliphatic rings. The maximum Gasteiger partial charge on any atom is 0.116 e. The van der Waals surface area contributed by atoms with E-state index >= 15 is 0 Å². The minimum atomic E-state index is -0.426. The monoisotopic (exact) mass is 168 g/mol. The van der Waals surface area contributed by atoms with Crippen LogP contribution in [0, 0.1) is 0 Å². The molecule has 1 aliphatic heterocycles. The molecule has 1 rings (SSSR count). The van der Waals surface area contributed by atoms with Gasteiger partial charge in [0.1, 0.15) is 5.00 Å². The van der Waals surface area contributed by atoms with Gasteiger partial charge in [-0.05, 0) is 6.92 Å². The third kappa shape index (κ3) is 2.29. The van der Waals surface area contributed by atoms with Crippen molar-refractivity contribution < 1.29 is 0 Å². The molecule has 0 aliphatic carbocycles. The van der Waals surface area contributed by atoms with Crippen LogP contribution in [-0.4, -0.2) is 16.0 Å². The molecule has 0 radical (unpaired) electrons. The number of hydrogen-bond donors (Lipinski definition) is 3. The minimum absolute atomic E-state index is 0.426. The Morgan fingerprint density at radius 3 is 2.89 bits per heavy atom. The van der Waals surface area contributed by atoms with Crippen LogP contribution >= 0.6 is 23.5 Å². The summed E-state index contributed by atoms with van der Waals surface area (Å²) in [6.07, 6.45) is 0. The molecule has 1 unspecified atom stereocenters. The van der Waals surface area contributed by atoms with Gasteiger partial charge >= 0.3 is 0 Å². The lowest BCUT2D eigenvalue weighted by Crippen LogP contribution is -2.62. The number of nitrogens with two attached hydrogens (primary N) is 1. The van der Waals surface area contributed by atoms with E-state index in [0.717, 1.165) is 5.75 Å². The highest BCUT2D eigenvalue weighted by Gasteiger charge is 2.26.